The molecule has 0 radical (unpaired) electrons. The number of aliphatic carboxylic acids is 1. The van der Waals surface area contributed by atoms with E-state index in [0.29, 0.717) is 28.3 Å². The predicted molar refractivity (Wildman–Crippen MR) is 116 cm³/mol. The van der Waals surface area contributed by atoms with Crippen LogP contribution in [0.25, 0.3) is 28.7 Å². The van der Waals surface area contributed by atoms with Crippen molar-refractivity contribution in [3.63, 3.8) is 0 Å². The van der Waals surface area contributed by atoms with Crippen molar-refractivity contribution in [2.75, 3.05) is 0 Å². The van der Waals surface area contributed by atoms with Crippen molar-refractivity contribution in [2.45, 2.75) is 32.0 Å². The summed E-state index contributed by atoms with van der Waals surface area (Å²) in [6.07, 6.45) is 0.332. The maximum atomic E-state index is 13.4. The van der Waals surface area contributed by atoms with Gasteiger partial charge in [0.25, 0.3) is 0 Å². The molecule has 0 saturated heterocycles. The molecule has 3 aromatic rings. The summed E-state index contributed by atoms with van der Waals surface area (Å²) in [6, 6.07) is 15.4. The molecule has 1 aromatic heterocycles. The molecule has 0 aliphatic heterocycles. The Morgan fingerprint density at radius 2 is 1.71 bits per heavy atom. The van der Waals surface area contributed by atoms with Gasteiger partial charge in [-0.05, 0) is 31.2 Å². The first-order valence-corrected chi connectivity index (χ1v) is 9.79. The quantitative estimate of drug-likeness (QED) is 0.509. The number of halogens is 1. The van der Waals surface area contributed by atoms with Crippen LogP contribution in [-0.4, -0.2) is 43.5 Å². The molecule has 2 atom stereocenters. The molecule has 0 aliphatic carbocycles. The predicted octanol–water partition coefficient (Wildman–Crippen LogP) is 3.86. The molecule has 7 heteroatoms. The zero-order valence-corrected chi connectivity index (χ0v) is 16.9. The second-order valence-electron chi connectivity index (χ2n) is 7.18. The third kappa shape index (κ3) is 6.04. The van der Waals surface area contributed by atoms with Gasteiger partial charge in [0.1, 0.15) is 5.82 Å². The van der Waals surface area contributed by atoms with E-state index in [1.54, 1.807) is 18.2 Å². The van der Waals surface area contributed by atoms with Gasteiger partial charge in [0.15, 0.2) is 5.82 Å². The molecule has 0 spiro atoms. The standard InChI is InChI=1S/C24H23FN2O4/c1-15-21(12-11-19(28)13-20(29)14-22(30)31)23(16-7-9-18(25)10-8-16)27-24(26-15)17-5-3-2-4-6-17/h2-12,19-20,28-29H,13-14H2,1H3,(H,30,31)/b12-11+/t19-,20-/m0/s1. The molecular formula is C24H23FN2O4. The normalized spacial score (nSPS) is 13.3. The minimum atomic E-state index is -1.16. The zero-order valence-electron chi connectivity index (χ0n) is 16.9. The molecule has 0 unspecified atom stereocenters. The average Bonchev–Trinajstić information content (AvgIpc) is 2.73. The van der Waals surface area contributed by atoms with Crippen molar-refractivity contribution in [1.82, 2.24) is 9.97 Å². The summed E-state index contributed by atoms with van der Waals surface area (Å²) >= 11 is 0. The lowest BCUT2D eigenvalue weighted by atomic mass is 10.0. The molecule has 2 aromatic carbocycles. The summed E-state index contributed by atoms with van der Waals surface area (Å²) in [5.74, 6) is -0.979. The maximum Gasteiger partial charge on any atom is 0.305 e. The van der Waals surface area contributed by atoms with Crippen molar-refractivity contribution in [1.29, 1.82) is 0 Å². The van der Waals surface area contributed by atoms with Gasteiger partial charge in [-0.3, -0.25) is 4.79 Å². The number of aryl methyl sites for hydroxylation is 1. The molecule has 3 N–H and O–H groups in total. The zero-order chi connectivity index (χ0) is 22.4. The Morgan fingerprint density at radius 1 is 1.03 bits per heavy atom. The molecule has 0 amide bonds. The molecule has 6 nitrogen and oxygen atoms in total. The van der Waals surface area contributed by atoms with Gasteiger partial charge in [-0.2, -0.15) is 0 Å². The largest absolute Gasteiger partial charge is 0.481 e. The van der Waals surface area contributed by atoms with E-state index in [1.165, 1.54) is 18.2 Å². The Hall–Kier alpha value is -3.42. The van der Waals surface area contributed by atoms with Crippen LogP contribution in [-0.2, 0) is 4.79 Å². The van der Waals surface area contributed by atoms with Crippen LogP contribution in [0.3, 0.4) is 0 Å². The van der Waals surface area contributed by atoms with Crippen molar-refractivity contribution in [2.24, 2.45) is 0 Å². The van der Waals surface area contributed by atoms with Gasteiger partial charge < -0.3 is 15.3 Å². The van der Waals surface area contributed by atoms with Gasteiger partial charge in [-0.15, -0.1) is 0 Å². The highest BCUT2D eigenvalue weighted by Gasteiger charge is 2.16. The van der Waals surface area contributed by atoms with Crippen molar-refractivity contribution in [3.05, 3.63) is 77.7 Å². The summed E-state index contributed by atoms with van der Waals surface area (Å²) < 4.78 is 13.4. The maximum absolute atomic E-state index is 13.4. The fourth-order valence-corrected chi connectivity index (χ4v) is 3.17. The van der Waals surface area contributed by atoms with Gasteiger partial charge in [-0.25, -0.2) is 14.4 Å². The third-order valence-corrected chi connectivity index (χ3v) is 4.69. The molecule has 0 aliphatic rings. The number of hydrogen-bond donors (Lipinski definition) is 3. The van der Waals surface area contributed by atoms with E-state index in [4.69, 9.17) is 5.11 Å². The van der Waals surface area contributed by atoms with Gasteiger partial charge in [0.05, 0.1) is 24.3 Å². The Labute approximate surface area is 179 Å². The monoisotopic (exact) mass is 422 g/mol. The Morgan fingerprint density at radius 3 is 2.35 bits per heavy atom. The van der Waals surface area contributed by atoms with E-state index in [-0.39, 0.29) is 12.2 Å². The second kappa shape index (κ2) is 10.1. The number of rotatable bonds is 8. The van der Waals surface area contributed by atoms with E-state index >= 15 is 0 Å². The summed E-state index contributed by atoms with van der Waals surface area (Å²) in [6.45, 7) is 1.81. The van der Waals surface area contributed by atoms with Gasteiger partial charge in [0, 0.05) is 28.8 Å². The number of carboxylic acid groups (broad SMARTS) is 1. The summed E-state index contributed by atoms with van der Waals surface area (Å²) in [5, 5.41) is 28.7. The van der Waals surface area contributed by atoms with E-state index in [0.717, 1.165) is 5.56 Å². The first kappa shape index (κ1) is 22.3. The Kier molecular flexibility index (Phi) is 7.23. The fraction of sp³-hybridized carbons (Fsp3) is 0.208. The van der Waals surface area contributed by atoms with E-state index in [2.05, 4.69) is 9.97 Å². The molecule has 0 fully saturated rings. The molecule has 1 heterocycles. The van der Waals surface area contributed by atoms with Crippen LogP contribution < -0.4 is 0 Å². The lowest BCUT2D eigenvalue weighted by Crippen LogP contribution is -2.19. The molecule has 160 valence electrons. The van der Waals surface area contributed by atoms with Crippen LogP contribution in [0.2, 0.25) is 0 Å². The number of aromatic nitrogens is 2. The number of carboxylic acids is 1. The summed E-state index contributed by atoms with van der Waals surface area (Å²) in [7, 11) is 0. The average molecular weight is 422 g/mol. The van der Waals surface area contributed by atoms with Crippen LogP contribution in [0, 0.1) is 12.7 Å². The van der Waals surface area contributed by atoms with Crippen LogP contribution in [0.4, 0.5) is 4.39 Å². The fourth-order valence-electron chi connectivity index (χ4n) is 3.17. The number of carbonyl (C=O) groups is 1. The lowest BCUT2D eigenvalue weighted by Gasteiger charge is -2.13. The molecular weight excluding hydrogens is 399 g/mol. The first-order valence-electron chi connectivity index (χ1n) is 9.79. The van der Waals surface area contributed by atoms with E-state index < -0.39 is 24.6 Å². The topological polar surface area (TPSA) is 104 Å². The van der Waals surface area contributed by atoms with Crippen molar-refractivity contribution in [3.8, 4) is 22.6 Å². The van der Waals surface area contributed by atoms with Crippen molar-refractivity contribution >= 4 is 12.0 Å². The molecule has 0 bridgehead atoms. The Balaban J connectivity index is 1.98. The highest BCUT2D eigenvalue weighted by molar-refractivity contribution is 5.75. The number of aliphatic hydroxyl groups excluding tert-OH is 2. The number of hydrogen-bond acceptors (Lipinski definition) is 5. The minimum absolute atomic E-state index is 0.114. The molecule has 0 saturated carbocycles. The van der Waals surface area contributed by atoms with Gasteiger partial charge in [-0.1, -0.05) is 42.5 Å². The van der Waals surface area contributed by atoms with Gasteiger partial charge >= 0.3 is 5.97 Å². The molecule has 3 rings (SSSR count). The third-order valence-electron chi connectivity index (χ3n) is 4.69. The van der Waals surface area contributed by atoms with Crippen LogP contribution >= 0.6 is 0 Å². The SMILES string of the molecule is Cc1nc(-c2ccccc2)nc(-c2ccc(F)cc2)c1/C=C/[C@H](O)C[C@H](O)CC(=O)O. The smallest absolute Gasteiger partial charge is 0.305 e. The van der Waals surface area contributed by atoms with Crippen LogP contribution in [0.1, 0.15) is 24.1 Å². The van der Waals surface area contributed by atoms with Crippen LogP contribution in [0.15, 0.2) is 60.7 Å². The van der Waals surface area contributed by atoms with E-state index in [1.807, 2.05) is 37.3 Å². The minimum Gasteiger partial charge on any atom is -0.481 e. The second-order valence-corrected chi connectivity index (χ2v) is 7.18. The highest BCUT2D eigenvalue weighted by atomic mass is 19.1. The first-order chi connectivity index (χ1) is 14.8. The van der Waals surface area contributed by atoms with Crippen molar-refractivity contribution < 1.29 is 24.5 Å². The van der Waals surface area contributed by atoms with E-state index in [9.17, 15) is 19.4 Å². The number of benzene rings is 2. The number of nitrogens with zero attached hydrogens (tertiary/aromatic N) is 2. The summed E-state index contributed by atoms with van der Waals surface area (Å²) in [4.78, 5) is 20.0. The van der Waals surface area contributed by atoms with Crippen LogP contribution in [0.5, 0.6) is 0 Å². The number of aliphatic hydroxyl groups is 2. The molecule has 31 heavy (non-hydrogen) atoms. The lowest BCUT2D eigenvalue weighted by molar-refractivity contribution is -0.139. The highest BCUT2D eigenvalue weighted by Crippen LogP contribution is 2.28. The summed E-state index contributed by atoms with van der Waals surface area (Å²) in [5.41, 5.74) is 3.38. The van der Waals surface area contributed by atoms with Gasteiger partial charge in [0.2, 0.25) is 0 Å². The Bertz CT molecular complexity index is 1070.